The second-order valence-electron chi connectivity index (χ2n) is 2.77. The van der Waals surface area contributed by atoms with E-state index in [1.807, 2.05) is 13.0 Å². The summed E-state index contributed by atoms with van der Waals surface area (Å²) in [5, 5.41) is 0. The van der Waals surface area contributed by atoms with Crippen molar-refractivity contribution in [2.24, 2.45) is 0 Å². The molecule has 1 aliphatic heterocycles. The van der Waals surface area contributed by atoms with E-state index in [0.717, 1.165) is 12.2 Å². The lowest BCUT2D eigenvalue weighted by Crippen LogP contribution is -2.10. The van der Waals surface area contributed by atoms with E-state index in [0.29, 0.717) is 6.61 Å². The number of hydrogen-bond acceptors (Lipinski definition) is 2. The molecule has 58 valence electrons. The number of benzene rings is 1. The molecule has 2 nitrogen and oxygen atoms in total. The number of hydrogen-bond donors (Lipinski definition) is 0. The predicted octanol–water partition coefficient (Wildman–Crippen LogP) is 1.86. The van der Waals surface area contributed by atoms with Crippen LogP contribution in [-0.4, -0.2) is 6.61 Å². The van der Waals surface area contributed by atoms with Crippen LogP contribution in [0.4, 0.5) is 0 Å². The predicted molar refractivity (Wildman–Crippen MR) is 41.5 cm³/mol. The average molecular weight is 150 g/mol. The number of fused-ring (bicyclic) bond motifs is 1. The molecule has 0 saturated carbocycles. The molecule has 1 aliphatic rings. The maximum absolute atomic E-state index is 5.00. The summed E-state index contributed by atoms with van der Waals surface area (Å²) in [6.45, 7) is 2.70. The van der Waals surface area contributed by atoms with Gasteiger partial charge in [0.25, 0.3) is 0 Å². The summed E-state index contributed by atoms with van der Waals surface area (Å²) < 4.78 is 0. The Hall–Kier alpha value is -1.02. The molecule has 2 heteroatoms. The van der Waals surface area contributed by atoms with Gasteiger partial charge < -0.3 is 4.89 Å². The Balaban J connectivity index is 2.43. The first kappa shape index (κ1) is 6.68. The summed E-state index contributed by atoms with van der Waals surface area (Å²) in [6, 6.07) is 6.18. The van der Waals surface area contributed by atoms with Gasteiger partial charge in [0.1, 0.15) is 0 Å². The van der Waals surface area contributed by atoms with Gasteiger partial charge in [-0.25, -0.2) is 0 Å². The van der Waals surface area contributed by atoms with Crippen molar-refractivity contribution < 1.29 is 9.78 Å². The molecule has 1 aromatic carbocycles. The fourth-order valence-electron chi connectivity index (χ4n) is 1.20. The van der Waals surface area contributed by atoms with Crippen LogP contribution >= 0.6 is 0 Å². The molecule has 0 atom stereocenters. The van der Waals surface area contributed by atoms with E-state index in [4.69, 9.17) is 9.78 Å². The van der Waals surface area contributed by atoms with Crippen molar-refractivity contribution in [2.45, 2.75) is 13.3 Å². The lowest BCUT2D eigenvalue weighted by molar-refractivity contribution is -0.215. The van der Waals surface area contributed by atoms with Crippen LogP contribution < -0.4 is 4.89 Å². The summed E-state index contributed by atoms with van der Waals surface area (Å²) in [5.74, 6) is 0.872. The third-order valence-electron chi connectivity index (χ3n) is 1.83. The molecule has 0 unspecified atom stereocenters. The molecular formula is C9H10O2. The first-order chi connectivity index (χ1) is 5.36. The standard InChI is InChI=1S/C9H10O2/c1-7-2-3-8-4-5-10-11-9(8)6-7/h2-3,6H,4-5H2,1H3. The van der Waals surface area contributed by atoms with Crippen LogP contribution in [0.2, 0.25) is 0 Å². The van der Waals surface area contributed by atoms with E-state index in [9.17, 15) is 0 Å². The van der Waals surface area contributed by atoms with Gasteiger partial charge in [-0.1, -0.05) is 12.1 Å². The molecule has 0 amide bonds. The lowest BCUT2D eigenvalue weighted by atomic mass is 10.1. The van der Waals surface area contributed by atoms with E-state index < -0.39 is 0 Å². The van der Waals surface area contributed by atoms with Crippen LogP contribution in [0.3, 0.4) is 0 Å². The summed E-state index contributed by atoms with van der Waals surface area (Å²) in [4.78, 5) is 9.86. The maximum atomic E-state index is 5.00. The zero-order valence-corrected chi connectivity index (χ0v) is 6.46. The smallest absolute Gasteiger partial charge is 0.168 e. The first-order valence-corrected chi connectivity index (χ1v) is 3.75. The van der Waals surface area contributed by atoms with E-state index in [1.54, 1.807) is 0 Å². The second kappa shape index (κ2) is 2.55. The normalized spacial score (nSPS) is 15.4. The van der Waals surface area contributed by atoms with E-state index in [1.165, 1.54) is 11.1 Å². The summed E-state index contributed by atoms with van der Waals surface area (Å²) in [7, 11) is 0. The number of aryl methyl sites for hydroxylation is 1. The van der Waals surface area contributed by atoms with Crippen LogP contribution in [0.15, 0.2) is 18.2 Å². The van der Waals surface area contributed by atoms with Gasteiger partial charge in [-0.3, -0.25) is 0 Å². The van der Waals surface area contributed by atoms with Crippen LogP contribution in [0.25, 0.3) is 0 Å². The van der Waals surface area contributed by atoms with Crippen molar-refractivity contribution in [1.29, 1.82) is 0 Å². The van der Waals surface area contributed by atoms with Crippen LogP contribution in [0.5, 0.6) is 5.75 Å². The quantitative estimate of drug-likeness (QED) is 0.525. The third-order valence-corrected chi connectivity index (χ3v) is 1.83. The van der Waals surface area contributed by atoms with Gasteiger partial charge in [-0.2, -0.15) is 4.89 Å². The Bertz CT molecular complexity index is 268. The molecule has 0 N–H and O–H groups in total. The van der Waals surface area contributed by atoms with Crippen molar-refractivity contribution in [2.75, 3.05) is 6.61 Å². The van der Waals surface area contributed by atoms with Crippen molar-refractivity contribution >= 4 is 0 Å². The zero-order chi connectivity index (χ0) is 7.68. The maximum Gasteiger partial charge on any atom is 0.168 e. The minimum Gasteiger partial charge on any atom is -0.337 e. The van der Waals surface area contributed by atoms with Crippen molar-refractivity contribution in [1.82, 2.24) is 0 Å². The monoisotopic (exact) mass is 150 g/mol. The molecule has 0 bridgehead atoms. The van der Waals surface area contributed by atoms with Crippen molar-refractivity contribution in [3.8, 4) is 5.75 Å². The summed E-state index contributed by atoms with van der Waals surface area (Å²) >= 11 is 0. The van der Waals surface area contributed by atoms with E-state index >= 15 is 0 Å². The Kier molecular flexibility index (Phi) is 1.55. The molecule has 0 fully saturated rings. The number of rotatable bonds is 0. The largest absolute Gasteiger partial charge is 0.337 e. The van der Waals surface area contributed by atoms with Crippen LogP contribution in [0, 0.1) is 6.92 Å². The van der Waals surface area contributed by atoms with Crippen LogP contribution in [0.1, 0.15) is 11.1 Å². The average Bonchev–Trinajstić information content (AvgIpc) is 2.04. The molecule has 0 aromatic heterocycles. The van der Waals surface area contributed by atoms with Gasteiger partial charge in [0.2, 0.25) is 0 Å². The van der Waals surface area contributed by atoms with E-state index in [2.05, 4.69) is 12.1 Å². The molecule has 0 saturated heterocycles. The minimum absolute atomic E-state index is 0.663. The molecule has 11 heavy (non-hydrogen) atoms. The zero-order valence-electron chi connectivity index (χ0n) is 6.46. The van der Waals surface area contributed by atoms with Gasteiger partial charge in [0, 0.05) is 12.0 Å². The highest BCUT2D eigenvalue weighted by Gasteiger charge is 2.10. The van der Waals surface area contributed by atoms with Gasteiger partial charge in [-0.05, 0) is 18.6 Å². The molecule has 2 rings (SSSR count). The Morgan fingerprint density at radius 1 is 1.36 bits per heavy atom. The topological polar surface area (TPSA) is 18.5 Å². The van der Waals surface area contributed by atoms with Gasteiger partial charge in [-0.15, -0.1) is 0 Å². The van der Waals surface area contributed by atoms with Gasteiger partial charge in [0.15, 0.2) is 5.75 Å². The third kappa shape index (κ3) is 1.21. The van der Waals surface area contributed by atoms with Gasteiger partial charge >= 0.3 is 0 Å². The summed E-state index contributed by atoms with van der Waals surface area (Å²) in [5.41, 5.74) is 2.44. The molecule has 0 radical (unpaired) electrons. The second-order valence-corrected chi connectivity index (χ2v) is 2.77. The minimum atomic E-state index is 0.663. The van der Waals surface area contributed by atoms with Gasteiger partial charge in [0.05, 0.1) is 6.61 Å². The Morgan fingerprint density at radius 2 is 2.27 bits per heavy atom. The van der Waals surface area contributed by atoms with E-state index in [-0.39, 0.29) is 0 Å². The van der Waals surface area contributed by atoms with Crippen molar-refractivity contribution in [3.05, 3.63) is 29.3 Å². The lowest BCUT2D eigenvalue weighted by Gasteiger charge is -2.15. The first-order valence-electron chi connectivity index (χ1n) is 3.75. The molecular weight excluding hydrogens is 140 g/mol. The fourth-order valence-corrected chi connectivity index (χ4v) is 1.20. The summed E-state index contributed by atoms with van der Waals surface area (Å²) in [6.07, 6.45) is 0.954. The highest BCUT2D eigenvalue weighted by molar-refractivity contribution is 5.37. The highest BCUT2D eigenvalue weighted by Crippen LogP contribution is 2.23. The van der Waals surface area contributed by atoms with Crippen molar-refractivity contribution in [3.63, 3.8) is 0 Å². The molecule has 1 heterocycles. The fraction of sp³-hybridized carbons (Fsp3) is 0.333. The Labute approximate surface area is 65.7 Å². The highest BCUT2D eigenvalue weighted by atomic mass is 17.2. The molecule has 1 aromatic rings. The Morgan fingerprint density at radius 3 is 3.18 bits per heavy atom. The van der Waals surface area contributed by atoms with Crippen LogP contribution in [-0.2, 0) is 11.3 Å². The SMILES string of the molecule is Cc1ccc2c(c1)OOCC2. The molecule has 0 aliphatic carbocycles. The molecule has 0 spiro atoms.